The van der Waals surface area contributed by atoms with Gasteiger partial charge in [-0.05, 0) is 17.5 Å². The van der Waals surface area contributed by atoms with Crippen molar-refractivity contribution in [1.29, 1.82) is 0 Å². The Balaban J connectivity index is 3.32. The fourth-order valence-electron chi connectivity index (χ4n) is 1.53. The van der Waals surface area contributed by atoms with Crippen molar-refractivity contribution in [3.05, 3.63) is 23.3 Å². The summed E-state index contributed by atoms with van der Waals surface area (Å²) in [5.74, 6) is 0.813. The Bertz CT molecular complexity index is 351. The number of aliphatic hydroxyl groups excluding tert-OH is 1. The predicted molar refractivity (Wildman–Crippen MR) is 59.3 cm³/mol. The SMILES string of the molecule is COc1cc(C(C)(C)C)c(O)cc1CO. The quantitative estimate of drug-likeness (QED) is 0.786. The summed E-state index contributed by atoms with van der Waals surface area (Å²) in [6, 6.07) is 3.33. The molecule has 0 unspecified atom stereocenters. The van der Waals surface area contributed by atoms with Gasteiger partial charge in [-0.3, -0.25) is 0 Å². The van der Waals surface area contributed by atoms with Crippen LogP contribution >= 0.6 is 0 Å². The first-order valence-electron chi connectivity index (χ1n) is 4.91. The molecule has 3 nitrogen and oxygen atoms in total. The maximum Gasteiger partial charge on any atom is 0.124 e. The van der Waals surface area contributed by atoms with Gasteiger partial charge in [-0.25, -0.2) is 0 Å². The molecule has 0 saturated carbocycles. The average molecular weight is 210 g/mol. The standard InChI is InChI=1S/C12H18O3/c1-12(2,3)9-6-11(15-4)8(7-13)5-10(9)14/h5-6,13-14H,7H2,1-4H3. The Labute approximate surface area is 90.3 Å². The number of hydrogen-bond acceptors (Lipinski definition) is 3. The van der Waals surface area contributed by atoms with Crippen LogP contribution in [0.15, 0.2) is 12.1 Å². The summed E-state index contributed by atoms with van der Waals surface area (Å²) in [6.07, 6.45) is 0. The van der Waals surface area contributed by atoms with Gasteiger partial charge in [-0.15, -0.1) is 0 Å². The molecule has 1 aromatic carbocycles. The Morgan fingerprint density at radius 2 is 1.87 bits per heavy atom. The third-order valence-corrected chi connectivity index (χ3v) is 2.38. The predicted octanol–water partition coefficient (Wildman–Crippen LogP) is 2.19. The molecule has 84 valence electrons. The molecule has 0 aliphatic rings. The van der Waals surface area contributed by atoms with E-state index in [4.69, 9.17) is 9.84 Å². The third kappa shape index (κ3) is 2.42. The van der Waals surface area contributed by atoms with E-state index in [1.54, 1.807) is 19.2 Å². The number of phenolic OH excluding ortho intramolecular Hbond substituents is 1. The molecular formula is C12H18O3. The zero-order valence-electron chi connectivity index (χ0n) is 9.66. The molecule has 0 radical (unpaired) electrons. The van der Waals surface area contributed by atoms with Crippen LogP contribution in [0.4, 0.5) is 0 Å². The molecule has 15 heavy (non-hydrogen) atoms. The van der Waals surface area contributed by atoms with Crippen molar-refractivity contribution >= 4 is 0 Å². The first kappa shape index (κ1) is 11.9. The smallest absolute Gasteiger partial charge is 0.124 e. The molecule has 0 saturated heterocycles. The Kier molecular flexibility index (Phi) is 3.25. The second-order valence-corrected chi connectivity index (χ2v) is 4.59. The maximum atomic E-state index is 9.81. The summed E-state index contributed by atoms with van der Waals surface area (Å²) in [7, 11) is 1.55. The molecule has 0 amide bonds. The van der Waals surface area contributed by atoms with Gasteiger partial charge < -0.3 is 14.9 Å². The Morgan fingerprint density at radius 1 is 1.27 bits per heavy atom. The van der Waals surface area contributed by atoms with Crippen LogP contribution < -0.4 is 4.74 Å². The highest BCUT2D eigenvalue weighted by Crippen LogP contribution is 2.35. The lowest BCUT2D eigenvalue weighted by Crippen LogP contribution is -2.12. The Hall–Kier alpha value is -1.22. The number of hydrogen-bond donors (Lipinski definition) is 2. The first-order valence-corrected chi connectivity index (χ1v) is 4.91. The number of ether oxygens (including phenoxy) is 1. The van der Waals surface area contributed by atoms with Gasteiger partial charge in [-0.1, -0.05) is 20.8 Å². The topological polar surface area (TPSA) is 49.7 Å². The number of aromatic hydroxyl groups is 1. The van der Waals surface area contributed by atoms with Crippen LogP contribution in [0.1, 0.15) is 31.9 Å². The normalized spacial score (nSPS) is 11.5. The van der Waals surface area contributed by atoms with Crippen molar-refractivity contribution in [2.75, 3.05) is 7.11 Å². The van der Waals surface area contributed by atoms with Gasteiger partial charge in [0.2, 0.25) is 0 Å². The summed E-state index contributed by atoms with van der Waals surface area (Å²) < 4.78 is 5.16. The van der Waals surface area contributed by atoms with E-state index in [2.05, 4.69) is 0 Å². The van der Waals surface area contributed by atoms with E-state index in [1.165, 1.54) is 0 Å². The lowest BCUT2D eigenvalue weighted by molar-refractivity contribution is 0.272. The van der Waals surface area contributed by atoms with Gasteiger partial charge in [0, 0.05) is 11.1 Å². The van der Waals surface area contributed by atoms with Gasteiger partial charge in [-0.2, -0.15) is 0 Å². The summed E-state index contributed by atoms with van der Waals surface area (Å²) in [5, 5.41) is 18.9. The van der Waals surface area contributed by atoms with Crippen molar-refractivity contribution in [2.45, 2.75) is 32.8 Å². The molecule has 3 heteroatoms. The second kappa shape index (κ2) is 4.11. The molecule has 1 aromatic rings. The fraction of sp³-hybridized carbons (Fsp3) is 0.500. The molecule has 1 rings (SSSR count). The van der Waals surface area contributed by atoms with Crippen molar-refractivity contribution in [3.8, 4) is 11.5 Å². The minimum Gasteiger partial charge on any atom is -0.508 e. The summed E-state index contributed by atoms with van der Waals surface area (Å²) in [5.41, 5.74) is 1.27. The zero-order chi connectivity index (χ0) is 11.6. The van der Waals surface area contributed by atoms with E-state index in [-0.39, 0.29) is 17.8 Å². The largest absolute Gasteiger partial charge is 0.508 e. The molecule has 2 N–H and O–H groups in total. The van der Waals surface area contributed by atoms with Gasteiger partial charge in [0.05, 0.1) is 13.7 Å². The van der Waals surface area contributed by atoms with Gasteiger partial charge in [0.1, 0.15) is 11.5 Å². The monoisotopic (exact) mass is 210 g/mol. The third-order valence-electron chi connectivity index (χ3n) is 2.38. The van der Waals surface area contributed by atoms with Crippen molar-refractivity contribution in [2.24, 2.45) is 0 Å². The van der Waals surface area contributed by atoms with E-state index in [9.17, 15) is 5.11 Å². The van der Waals surface area contributed by atoms with E-state index < -0.39 is 0 Å². The van der Waals surface area contributed by atoms with Crippen LogP contribution in [0.5, 0.6) is 11.5 Å². The molecule has 0 aromatic heterocycles. The minimum absolute atomic E-state index is 0.138. The average Bonchev–Trinajstić information content (AvgIpc) is 2.15. The maximum absolute atomic E-state index is 9.81. The Morgan fingerprint density at radius 3 is 2.27 bits per heavy atom. The van der Waals surface area contributed by atoms with Crippen molar-refractivity contribution in [3.63, 3.8) is 0 Å². The van der Waals surface area contributed by atoms with Gasteiger partial charge in [0.15, 0.2) is 0 Å². The molecule has 0 spiro atoms. The molecule has 0 heterocycles. The van der Waals surface area contributed by atoms with Gasteiger partial charge in [0.25, 0.3) is 0 Å². The van der Waals surface area contributed by atoms with Crippen LogP contribution in [-0.2, 0) is 12.0 Å². The molecule has 0 bridgehead atoms. The lowest BCUT2D eigenvalue weighted by atomic mass is 9.85. The van der Waals surface area contributed by atoms with Crippen molar-refractivity contribution in [1.82, 2.24) is 0 Å². The summed E-state index contributed by atoms with van der Waals surface area (Å²) in [4.78, 5) is 0. The fourth-order valence-corrected chi connectivity index (χ4v) is 1.53. The summed E-state index contributed by atoms with van der Waals surface area (Å²) >= 11 is 0. The van der Waals surface area contributed by atoms with Crippen LogP contribution in [0.25, 0.3) is 0 Å². The number of benzene rings is 1. The second-order valence-electron chi connectivity index (χ2n) is 4.59. The van der Waals surface area contributed by atoms with E-state index in [0.29, 0.717) is 11.3 Å². The minimum atomic E-state index is -0.147. The highest BCUT2D eigenvalue weighted by Gasteiger charge is 2.20. The highest BCUT2D eigenvalue weighted by atomic mass is 16.5. The number of methoxy groups -OCH3 is 1. The number of rotatable bonds is 2. The van der Waals surface area contributed by atoms with Crippen LogP contribution in [0.3, 0.4) is 0 Å². The number of aliphatic hydroxyl groups is 1. The van der Waals surface area contributed by atoms with E-state index in [0.717, 1.165) is 5.56 Å². The number of phenols is 1. The molecule has 0 aliphatic heterocycles. The lowest BCUT2D eigenvalue weighted by Gasteiger charge is -2.22. The highest BCUT2D eigenvalue weighted by molar-refractivity contribution is 5.48. The zero-order valence-corrected chi connectivity index (χ0v) is 9.66. The van der Waals surface area contributed by atoms with E-state index in [1.807, 2.05) is 20.8 Å². The van der Waals surface area contributed by atoms with Crippen LogP contribution in [-0.4, -0.2) is 17.3 Å². The van der Waals surface area contributed by atoms with Crippen LogP contribution in [0, 0.1) is 0 Å². The van der Waals surface area contributed by atoms with Crippen LogP contribution in [0.2, 0.25) is 0 Å². The molecule has 0 fully saturated rings. The molecule has 0 aliphatic carbocycles. The van der Waals surface area contributed by atoms with E-state index >= 15 is 0 Å². The van der Waals surface area contributed by atoms with Gasteiger partial charge >= 0.3 is 0 Å². The van der Waals surface area contributed by atoms with Crippen molar-refractivity contribution < 1.29 is 14.9 Å². The first-order chi connectivity index (χ1) is 6.90. The molecular weight excluding hydrogens is 192 g/mol. The summed E-state index contributed by atoms with van der Waals surface area (Å²) in [6.45, 7) is 5.90. The molecule has 0 atom stereocenters.